The molecule has 0 radical (unpaired) electrons. The first-order valence-electron chi connectivity index (χ1n) is 8.97. The molecule has 22 heavy (non-hydrogen) atoms. The number of carbonyl (C=O) groups excluding carboxylic acids is 1. The first kappa shape index (κ1) is 17.6. The first-order chi connectivity index (χ1) is 10.2. The van der Waals surface area contributed by atoms with Crippen molar-refractivity contribution in [1.29, 1.82) is 0 Å². The van der Waals surface area contributed by atoms with E-state index in [1.54, 1.807) is 0 Å². The molecular formula is C18H34N2O2. The van der Waals surface area contributed by atoms with Crippen LogP contribution < -0.4 is 10.6 Å². The highest BCUT2D eigenvalue weighted by atomic mass is 16.6. The monoisotopic (exact) mass is 310 g/mol. The van der Waals surface area contributed by atoms with Gasteiger partial charge in [-0.15, -0.1) is 0 Å². The van der Waals surface area contributed by atoms with Crippen LogP contribution in [0.5, 0.6) is 0 Å². The summed E-state index contributed by atoms with van der Waals surface area (Å²) in [6.07, 6.45) is 6.04. The van der Waals surface area contributed by atoms with Gasteiger partial charge in [0.05, 0.1) is 0 Å². The third kappa shape index (κ3) is 5.79. The molecule has 128 valence electrons. The van der Waals surface area contributed by atoms with Gasteiger partial charge < -0.3 is 15.4 Å². The van der Waals surface area contributed by atoms with Gasteiger partial charge in [0.2, 0.25) is 0 Å². The lowest BCUT2D eigenvalue weighted by atomic mass is 9.80. The van der Waals surface area contributed by atoms with E-state index in [0.29, 0.717) is 12.0 Å². The first-order valence-corrected chi connectivity index (χ1v) is 8.97. The molecule has 0 heterocycles. The van der Waals surface area contributed by atoms with Crippen molar-refractivity contribution in [2.75, 3.05) is 6.54 Å². The molecule has 4 nitrogen and oxygen atoms in total. The van der Waals surface area contributed by atoms with Crippen LogP contribution in [0.4, 0.5) is 4.79 Å². The molecule has 2 aliphatic carbocycles. The Labute approximate surface area is 135 Å². The van der Waals surface area contributed by atoms with E-state index in [9.17, 15) is 4.79 Å². The molecule has 0 spiro atoms. The minimum Gasteiger partial charge on any atom is -0.444 e. The maximum absolute atomic E-state index is 12.0. The zero-order valence-corrected chi connectivity index (χ0v) is 14.9. The Kier molecular flexibility index (Phi) is 5.76. The Morgan fingerprint density at radius 2 is 1.86 bits per heavy atom. The van der Waals surface area contributed by atoms with Crippen LogP contribution in [0.15, 0.2) is 0 Å². The second-order valence-corrected chi connectivity index (χ2v) is 8.50. The van der Waals surface area contributed by atoms with Gasteiger partial charge in [0.15, 0.2) is 0 Å². The van der Waals surface area contributed by atoms with Crippen LogP contribution in [-0.4, -0.2) is 30.3 Å². The predicted octanol–water partition coefficient (Wildman–Crippen LogP) is 3.70. The third-order valence-corrected chi connectivity index (χ3v) is 4.92. The average Bonchev–Trinajstić information content (AvgIpc) is 3.18. The summed E-state index contributed by atoms with van der Waals surface area (Å²) in [4.78, 5) is 12.0. The van der Waals surface area contributed by atoms with Gasteiger partial charge in [0, 0.05) is 18.6 Å². The number of hydrogen-bond acceptors (Lipinski definition) is 3. The van der Waals surface area contributed by atoms with Crippen LogP contribution in [0, 0.1) is 17.8 Å². The summed E-state index contributed by atoms with van der Waals surface area (Å²) in [7, 11) is 0. The maximum atomic E-state index is 12.0. The smallest absolute Gasteiger partial charge is 0.407 e. The molecule has 0 aromatic carbocycles. The van der Waals surface area contributed by atoms with Crippen molar-refractivity contribution in [3.05, 3.63) is 0 Å². The fourth-order valence-electron chi connectivity index (χ4n) is 3.54. The quantitative estimate of drug-likeness (QED) is 0.814. The number of carbonyl (C=O) groups is 1. The van der Waals surface area contributed by atoms with E-state index in [2.05, 4.69) is 24.5 Å². The second-order valence-electron chi connectivity index (χ2n) is 8.50. The van der Waals surface area contributed by atoms with Gasteiger partial charge in [-0.2, -0.15) is 0 Å². The molecule has 0 aliphatic heterocycles. The summed E-state index contributed by atoms with van der Waals surface area (Å²) in [6, 6.07) is 0.805. The van der Waals surface area contributed by atoms with Gasteiger partial charge in [-0.05, 0) is 70.6 Å². The highest BCUT2D eigenvalue weighted by molar-refractivity contribution is 5.68. The summed E-state index contributed by atoms with van der Waals surface area (Å²) in [5.74, 6) is 2.20. The highest BCUT2D eigenvalue weighted by Crippen LogP contribution is 2.33. The van der Waals surface area contributed by atoms with Crippen molar-refractivity contribution in [2.24, 2.45) is 17.8 Å². The molecule has 0 aromatic heterocycles. The molecule has 0 bridgehead atoms. The van der Waals surface area contributed by atoms with Crippen molar-refractivity contribution < 1.29 is 9.53 Å². The van der Waals surface area contributed by atoms with Crippen molar-refractivity contribution >= 4 is 6.09 Å². The molecule has 2 N–H and O–H groups in total. The SMILES string of the molecule is CC1CCC(NCC(NC(=O)OC(C)(C)C)C2CC2)C(C)C1. The third-order valence-electron chi connectivity index (χ3n) is 4.92. The summed E-state index contributed by atoms with van der Waals surface area (Å²) < 4.78 is 5.40. The number of nitrogens with one attached hydrogen (secondary N) is 2. The topological polar surface area (TPSA) is 50.4 Å². The molecule has 4 unspecified atom stereocenters. The van der Waals surface area contributed by atoms with E-state index in [0.717, 1.165) is 18.4 Å². The van der Waals surface area contributed by atoms with Gasteiger partial charge in [-0.25, -0.2) is 4.79 Å². The van der Waals surface area contributed by atoms with Crippen LogP contribution in [0.25, 0.3) is 0 Å². The van der Waals surface area contributed by atoms with E-state index in [4.69, 9.17) is 4.74 Å². The zero-order chi connectivity index (χ0) is 16.3. The number of rotatable bonds is 5. The van der Waals surface area contributed by atoms with Crippen LogP contribution in [0.1, 0.15) is 66.7 Å². The number of alkyl carbamates (subject to hydrolysis) is 1. The molecule has 4 heteroatoms. The van der Waals surface area contributed by atoms with Crippen molar-refractivity contribution in [3.8, 4) is 0 Å². The molecule has 2 rings (SSSR count). The molecule has 1 amide bonds. The van der Waals surface area contributed by atoms with Gasteiger partial charge in [-0.1, -0.05) is 13.8 Å². The summed E-state index contributed by atoms with van der Waals surface area (Å²) >= 11 is 0. The van der Waals surface area contributed by atoms with Crippen molar-refractivity contribution in [1.82, 2.24) is 10.6 Å². The van der Waals surface area contributed by atoms with Gasteiger partial charge >= 0.3 is 6.09 Å². The lowest BCUT2D eigenvalue weighted by molar-refractivity contribution is 0.0495. The number of amides is 1. The fraction of sp³-hybridized carbons (Fsp3) is 0.944. The van der Waals surface area contributed by atoms with Crippen LogP contribution >= 0.6 is 0 Å². The molecule has 0 saturated heterocycles. The minimum absolute atomic E-state index is 0.210. The van der Waals surface area contributed by atoms with E-state index in [-0.39, 0.29) is 12.1 Å². The normalized spacial score (nSPS) is 30.7. The minimum atomic E-state index is -0.431. The van der Waals surface area contributed by atoms with Crippen LogP contribution in [0.2, 0.25) is 0 Å². The van der Waals surface area contributed by atoms with Crippen molar-refractivity contribution in [3.63, 3.8) is 0 Å². The summed E-state index contributed by atoms with van der Waals surface area (Å²) in [6.45, 7) is 11.3. The molecule has 4 atom stereocenters. The van der Waals surface area contributed by atoms with Gasteiger partial charge in [-0.3, -0.25) is 0 Å². The molecule has 2 saturated carbocycles. The standard InChI is InChI=1S/C18H34N2O2/c1-12-6-9-15(13(2)10-12)19-11-16(14-7-8-14)20-17(21)22-18(3,4)5/h12-16,19H,6-11H2,1-5H3,(H,20,21). The Hall–Kier alpha value is -0.770. The lowest BCUT2D eigenvalue weighted by Gasteiger charge is -2.34. The maximum Gasteiger partial charge on any atom is 0.407 e. The number of hydrogen-bond donors (Lipinski definition) is 2. The summed E-state index contributed by atoms with van der Waals surface area (Å²) in [5, 5.41) is 6.79. The fourth-order valence-corrected chi connectivity index (χ4v) is 3.54. The molecule has 2 aliphatic rings. The van der Waals surface area contributed by atoms with E-state index < -0.39 is 5.60 Å². The Balaban J connectivity index is 1.78. The van der Waals surface area contributed by atoms with Crippen LogP contribution in [0.3, 0.4) is 0 Å². The lowest BCUT2D eigenvalue weighted by Crippen LogP contribution is -2.49. The summed E-state index contributed by atoms with van der Waals surface area (Å²) in [5.41, 5.74) is -0.431. The van der Waals surface area contributed by atoms with Gasteiger partial charge in [0.25, 0.3) is 0 Å². The number of ether oxygens (including phenoxy) is 1. The largest absolute Gasteiger partial charge is 0.444 e. The van der Waals surface area contributed by atoms with Crippen LogP contribution in [-0.2, 0) is 4.74 Å². The Bertz CT molecular complexity index is 374. The highest BCUT2D eigenvalue weighted by Gasteiger charge is 2.34. The molecular weight excluding hydrogens is 276 g/mol. The van der Waals surface area contributed by atoms with E-state index in [1.165, 1.54) is 32.1 Å². The van der Waals surface area contributed by atoms with E-state index >= 15 is 0 Å². The van der Waals surface area contributed by atoms with Gasteiger partial charge in [0.1, 0.15) is 5.60 Å². The Morgan fingerprint density at radius 1 is 1.18 bits per heavy atom. The molecule has 2 fully saturated rings. The molecule has 0 aromatic rings. The predicted molar refractivity (Wildman–Crippen MR) is 89.9 cm³/mol. The van der Waals surface area contributed by atoms with E-state index in [1.807, 2.05) is 20.8 Å². The van der Waals surface area contributed by atoms with Crippen molar-refractivity contribution in [2.45, 2.75) is 84.4 Å². The second kappa shape index (κ2) is 7.20. The average molecular weight is 310 g/mol. The zero-order valence-electron chi connectivity index (χ0n) is 14.9. The Morgan fingerprint density at radius 3 is 2.41 bits per heavy atom.